The summed E-state index contributed by atoms with van der Waals surface area (Å²) in [4.78, 5) is 23.0. The van der Waals surface area contributed by atoms with E-state index >= 15 is 0 Å². The van der Waals surface area contributed by atoms with E-state index in [2.05, 4.69) is 0 Å². The van der Waals surface area contributed by atoms with Gasteiger partial charge in [-0.2, -0.15) is 0 Å². The Hall–Kier alpha value is -1.40. The van der Waals surface area contributed by atoms with Gasteiger partial charge in [-0.1, -0.05) is 0 Å². The molecule has 0 aromatic rings. The Bertz CT molecular complexity index is 411. The summed E-state index contributed by atoms with van der Waals surface area (Å²) in [5, 5.41) is 0. The summed E-state index contributed by atoms with van der Waals surface area (Å²) in [7, 11) is 0. The third-order valence-electron chi connectivity index (χ3n) is 2.78. The van der Waals surface area contributed by atoms with Crippen LogP contribution in [0.25, 0.3) is 0 Å². The van der Waals surface area contributed by atoms with E-state index in [0.717, 1.165) is 0 Å². The van der Waals surface area contributed by atoms with Gasteiger partial charge in [-0.05, 0) is 20.8 Å². The van der Waals surface area contributed by atoms with Gasteiger partial charge in [0.25, 0.3) is 0 Å². The molecule has 1 fully saturated rings. The molecule has 2 aliphatic rings. The van der Waals surface area contributed by atoms with Gasteiger partial charge in [-0.15, -0.1) is 0 Å². The number of ether oxygens (including phenoxy) is 4. The summed E-state index contributed by atoms with van der Waals surface area (Å²) >= 11 is 0. The molecule has 0 aliphatic carbocycles. The van der Waals surface area contributed by atoms with Crippen LogP contribution < -0.4 is 0 Å². The number of cyclic esters (lactones) is 1. The highest BCUT2D eigenvalue weighted by molar-refractivity contribution is 5.78. The molecule has 0 aromatic heterocycles. The fourth-order valence-electron chi connectivity index (χ4n) is 1.74. The molecular formula is C13H18O6. The van der Waals surface area contributed by atoms with Crippen LogP contribution in [0.5, 0.6) is 0 Å². The van der Waals surface area contributed by atoms with Crippen LogP contribution in [0.15, 0.2) is 11.3 Å². The normalized spacial score (nSPS) is 20.9. The van der Waals surface area contributed by atoms with E-state index in [9.17, 15) is 9.59 Å². The van der Waals surface area contributed by atoms with Gasteiger partial charge in [-0.3, -0.25) is 9.59 Å². The van der Waals surface area contributed by atoms with E-state index in [0.29, 0.717) is 24.5 Å². The number of hydrogen-bond donors (Lipinski definition) is 0. The molecule has 0 N–H and O–H groups in total. The molecule has 0 bridgehead atoms. The summed E-state index contributed by atoms with van der Waals surface area (Å²) in [6.07, 6.45) is -0.442. The molecule has 0 radical (unpaired) electrons. The fraction of sp³-hybridized carbons (Fsp3) is 0.692. The van der Waals surface area contributed by atoms with Crippen LogP contribution >= 0.6 is 0 Å². The summed E-state index contributed by atoms with van der Waals surface area (Å²) < 4.78 is 20.9. The molecule has 19 heavy (non-hydrogen) atoms. The van der Waals surface area contributed by atoms with Crippen LogP contribution in [0, 0.1) is 5.41 Å². The summed E-state index contributed by atoms with van der Waals surface area (Å²) in [5.74, 6) is -0.402. The van der Waals surface area contributed by atoms with E-state index in [1.807, 2.05) is 0 Å². The second-order valence-electron chi connectivity index (χ2n) is 5.50. The molecular weight excluding hydrogens is 252 g/mol. The zero-order chi connectivity index (χ0) is 14.0. The van der Waals surface area contributed by atoms with Gasteiger partial charge in [-0.25, -0.2) is 0 Å². The molecule has 1 saturated heterocycles. The predicted octanol–water partition coefficient (Wildman–Crippen LogP) is 1.15. The van der Waals surface area contributed by atoms with Gasteiger partial charge in [0, 0.05) is 5.57 Å². The SMILES string of the molecule is CC(C)(C)C(=O)OCC1=C(C2OCCO2)CC(=O)O1. The lowest BCUT2D eigenvalue weighted by Crippen LogP contribution is -2.24. The molecule has 0 spiro atoms. The molecule has 2 aliphatic heterocycles. The van der Waals surface area contributed by atoms with Crippen LogP contribution in [-0.2, 0) is 28.5 Å². The quantitative estimate of drug-likeness (QED) is 0.716. The summed E-state index contributed by atoms with van der Waals surface area (Å²) in [6.45, 7) is 6.17. The molecule has 6 heteroatoms. The van der Waals surface area contributed by atoms with Crippen molar-refractivity contribution >= 4 is 11.9 Å². The number of carbonyl (C=O) groups is 2. The van der Waals surface area contributed by atoms with Crippen molar-refractivity contribution in [3.63, 3.8) is 0 Å². The maximum Gasteiger partial charge on any atom is 0.315 e. The van der Waals surface area contributed by atoms with E-state index < -0.39 is 11.7 Å². The van der Waals surface area contributed by atoms with Crippen molar-refractivity contribution in [2.45, 2.75) is 33.5 Å². The van der Waals surface area contributed by atoms with E-state index in [-0.39, 0.29) is 25.0 Å². The Morgan fingerprint density at radius 2 is 1.95 bits per heavy atom. The van der Waals surface area contributed by atoms with Crippen molar-refractivity contribution in [3.05, 3.63) is 11.3 Å². The predicted molar refractivity (Wildman–Crippen MR) is 63.8 cm³/mol. The van der Waals surface area contributed by atoms with Crippen LogP contribution in [0.3, 0.4) is 0 Å². The first-order valence-electron chi connectivity index (χ1n) is 6.21. The highest BCUT2D eigenvalue weighted by Gasteiger charge is 2.34. The third-order valence-corrected chi connectivity index (χ3v) is 2.78. The number of carbonyl (C=O) groups excluding carboxylic acids is 2. The van der Waals surface area contributed by atoms with Gasteiger partial charge in [0.1, 0.15) is 12.4 Å². The topological polar surface area (TPSA) is 71.1 Å². The second kappa shape index (κ2) is 5.30. The average Bonchev–Trinajstić information content (AvgIpc) is 2.92. The molecule has 0 saturated carbocycles. The summed E-state index contributed by atoms with van der Waals surface area (Å²) in [5.41, 5.74) is 0.0215. The maximum absolute atomic E-state index is 11.7. The van der Waals surface area contributed by atoms with E-state index in [1.165, 1.54) is 0 Å². The summed E-state index contributed by atoms with van der Waals surface area (Å²) in [6, 6.07) is 0. The second-order valence-corrected chi connectivity index (χ2v) is 5.50. The Kier molecular flexibility index (Phi) is 3.91. The first-order valence-corrected chi connectivity index (χ1v) is 6.21. The van der Waals surface area contributed by atoms with Crippen molar-refractivity contribution in [3.8, 4) is 0 Å². The lowest BCUT2D eigenvalue weighted by Gasteiger charge is -2.17. The molecule has 0 unspecified atom stereocenters. The zero-order valence-corrected chi connectivity index (χ0v) is 11.4. The Balaban J connectivity index is 2.01. The molecule has 6 nitrogen and oxygen atoms in total. The Morgan fingerprint density at radius 1 is 1.32 bits per heavy atom. The first kappa shape index (κ1) is 14.0. The molecule has 2 heterocycles. The van der Waals surface area contributed by atoms with Gasteiger partial charge >= 0.3 is 11.9 Å². The van der Waals surface area contributed by atoms with Gasteiger partial charge in [0.05, 0.1) is 25.0 Å². The maximum atomic E-state index is 11.7. The van der Waals surface area contributed by atoms with Gasteiger partial charge in [0.15, 0.2) is 6.29 Å². The van der Waals surface area contributed by atoms with Crippen LogP contribution in [0.2, 0.25) is 0 Å². The lowest BCUT2D eigenvalue weighted by atomic mass is 9.97. The van der Waals surface area contributed by atoms with Crippen molar-refractivity contribution < 1.29 is 28.5 Å². The van der Waals surface area contributed by atoms with Crippen molar-refractivity contribution in [1.82, 2.24) is 0 Å². The minimum absolute atomic E-state index is 0.0691. The van der Waals surface area contributed by atoms with Crippen LogP contribution in [-0.4, -0.2) is 38.0 Å². The number of hydrogen-bond acceptors (Lipinski definition) is 6. The minimum atomic E-state index is -0.594. The van der Waals surface area contributed by atoms with E-state index in [1.54, 1.807) is 20.8 Å². The number of rotatable bonds is 3. The third kappa shape index (κ3) is 3.33. The zero-order valence-electron chi connectivity index (χ0n) is 11.4. The smallest absolute Gasteiger partial charge is 0.315 e. The molecule has 0 amide bonds. The van der Waals surface area contributed by atoms with Crippen LogP contribution in [0.4, 0.5) is 0 Å². The average molecular weight is 270 g/mol. The Morgan fingerprint density at radius 3 is 2.53 bits per heavy atom. The van der Waals surface area contributed by atoms with Crippen molar-refractivity contribution in [2.24, 2.45) is 5.41 Å². The van der Waals surface area contributed by atoms with Crippen molar-refractivity contribution in [2.75, 3.05) is 19.8 Å². The molecule has 2 rings (SSSR count). The highest BCUT2D eigenvalue weighted by atomic mass is 16.7. The highest BCUT2D eigenvalue weighted by Crippen LogP contribution is 2.28. The van der Waals surface area contributed by atoms with Gasteiger partial charge < -0.3 is 18.9 Å². The van der Waals surface area contributed by atoms with Crippen LogP contribution in [0.1, 0.15) is 27.2 Å². The first-order chi connectivity index (χ1) is 8.88. The monoisotopic (exact) mass is 270 g/mol. The van der Waals surface area contributed by atoms with E-state index in [4.69, 9.17) is 18.9 Å². The fourth-order valence-corrected chi connectivity index (χ4v) is 1.74. The molecule has 106 valence electrons. The largest absolute Gasteiger partial charge is 0.457 e. The minimum Gasteiger partial charge on any atom is -0.457 e. The van der Waals surface area contributed by atoms with Gasteiger partial charge in [0.2, 0.25) is 0 Å². The molecule has 0 aromatic carbocycles. The standard InChI is InChI=1S/C13H18O6/c1-13(2,3)12(15)18-7-9-8(6-10(14)19-9)11-16-4-5-17-11/h11H,4-7H2,1-3H3. The molecule has 0 atom stereocenters. The Labute approximate surface area is 111 Å². The van der Waals surface area contributed by atoms with Crippen molar-refractivity contribution in [1.29, 1.82) is 0 Å². The lowest BCUT2D eigenvalue weighted by molar-refractivity contribution is -0.154. The number of esters is 2.